The third-order valence-electron chi connectivity index (χ3n) is 8.38. The molecule has 3 aliphatic rings. The number of carbonyl (C=O) groups excluding carboxylic acids is 2. The summed E-state index contributed by atoms with van der Waals surface area (Å²) in [5.41, 5.74) is 4.86. The smallest absolute Gasteiger partial charge is 0.369 e. The molecule has 9 nitrogen and oxygen atoms in total. The molecule has 2 aromatic carbocycles. The van der Waals surface area contributed by atoms with Gasteiger partial charge in [0, 0.05) is 20.0 Å². The van der Waals surface area contributed by atoms with Crippen molar-refractivity contribution < 1.29 is 31.5 Å². The first-order valence-electron chi connectivity index (χ1n) is 14.3. The van der Waals surface area contributed by atoms with Gasteiger partial charge >= 0.3 is 12.1 Å². The number of guanidine groups is 1. The third-order valence-corrected chi connectivity index (χ3v) is 8.38. The van der Waals surface area contributed by atoms with Crippen molar-refractivity contribution in [2.75, 3.05) is 6.54 Å². The molecule has 1 fully saturated rings. The molecule has 44 heavy (non-hydrogen) atoms. The van der Waals surface area contributed by atoms with Gasteiger partial charge in [0.2, 0.25) is 11.7 Å². The van der Waals surface area contributed by atoms with E-state index in [0.29, 0.717) is 19.3 Å². The van der Waals surface area contributed by atoms with Gasteiger partial charge in [0.15, 0.2) is 11.8 Å². The molecule has 1 aliphatic carbocycles. The topological polar surface area (TPSA) is 110 Å². The molecule has 3 heterocycles. The zero-order valence-electron chi connectivity index (χ0n) is 23.8. The van der Waals surface area contributed by atoms with Crippen LogP contribution in [0.1, 0.15) is 71.3 Å². The largest absolute Gasteiger partial charge is 0.417 e. The van der Waals surface area contributed by atoms with Crippen molar-refractivity contribution in [3.8, 4) is 0 Å². The zero-order valence-corrected chi connectivity index (χ0v) is 23.8. The normalized spacial score (nSPS) is 20.9. The van der Waals surface area contributed by atoms with Gasteiger partial charge in [0.05, 0.1) is 36.2 Å². The van der Waals surface area contributed by atoms with E-state index in [4.69, 9.17) is 10.7 Å². The van der Waals surface area contributed by atoms with Crippen molar-refractivity contribution in [1.29, 1.82) is 0 Å². The van der Waals surface area contributed by atoms with E-state index in [2.05, 4.69) is 10.2 Å². The maximum absolute atomic E-state index is 14.0. The lowest BCUT2D eigenvalue weighted by Crippen LogP contribution is -2.50. The van der Waals surface area contributed by atoms with Crippen molar-refractivity contribution in [1.82, 2.24) is 24.6 Å². The molecule has 2 aliphatic heterocycles. The Bertz CT molecular complexity index is 1630. The van der Waals surface area contributed by atoms with E-state index in [1.165, 1.54) is 15.5 Å². The van der Waals surface area contributed by atoms with Crippen molar-refractivity contribution in [2.45, 2.75) is 69.9 Å². The highest BCUT2D eigenvalue weighted by Crippen LogP contribution is 2.46. The molecule has 0 saturated heterocycles. The van der Waals surface area contributed by atoms with Crippen LogP contribution in [0, 0.1) is 5.92 Å². The monoisotopic (exact) mass is 615 g/mol. The van der Waals surface area contributed by atoms with Crippen LogP contribution in [-0.4, -0.2) is 48.9 Å². The molecule has 1 aromatic heterocycles. The summed E-state index contributed by atoms with van der Waals surface area (Å²) in [6.45, 7) is -0.0446. The van der Waals surface area contributed by atoms with E-state index in [-0.39, 0.29) is 55.9 Å². The molecular formula is C30H30F5N7O2. The second-order valence-corrected chi connectivity index (χ2v) is 11.8. The van der Waals surface area contributed by atoms with E-state index in [0.717, 1.165) is 35.4 Å². The van der Waals surface area contributed by atoms with Crippen LogP contribution < -0.4 is 5.73 Å². The number of aliphatic imine (C=N–C) groups is 1. The number of nitrogens with zero attached hydrogens (tertiary/aromatic N) is 6. The minimum Gasteiger partial charge on any atom is -0.369 e. The van der Waals surface area contributed by atoms with Gasteiger partial charge in [-0.1, -0.05) is 49.2 Å². The van der Waals surface area contributed by atoms with Crippen LogP contribution in [0.15, 0.2) is 53.5 Å². The molecule has 2 N–H and O–H groups in total. The molecule has 232 valence electrons. The number of rotatable bonds is 7. The molecule has 14 heteroatoms. The van der Waals surface area contributed by atoms with Gasteiger partial charge in [-0.25, -0.2) is 4.99 Å². The maximum atomic E-state index is 14.0. The summed E-state index contributed by atoms with van der Waals surface area (Å²) in [6.07, 6.45) is -2.04. The highest BCUT2D eigenvalue weighted by molar-refractivity contribution is 5.99. The second-order valence-electron chi connectivity index (χ2n) is 11.8. The molecule has 0 bridgehead atoms. The molecule has 0 radical (unpaired) electrons. The average Bonchev–Trinajstić information content (AvgIpc) is 3.67. The fourth-order valence-electron chi connectivity index (χ4n) is 6.03. The zero-order chi connectivity index (χ0) is 31.4. The van der Waals surface area contributed by atoms with Gasteiger partial charge in [-0.3, -0.25) is 14.5 Å². The van der Waals surface area contributed by atoms with E-state index in [1.54, 1.807) is 0 Å². The third kappa shape index (κ3) is 5.64. The molecule has 2 amide bonds. The number of aromatic nitrogens is 3. The summed E-state index contributed by atoms with van der Waals surface area (Å²) in [5, 5.41) is 7.25. The standard InChI is InChI=1S/C30H30F5N7O2/c1-28(31,32)26-39-38-23-17-40(11-12-41(23)26)25(44)21-13-19(9-10-22(21)30(33,34)35)16-42-24(43)15-29(37-27(42)36,14-18-7-8-18)20-5-3-2-4-6-20/h2-6,9-10,13,18H,7-8,11-12,14-17H2,1H3,(H2,36,37)/t29-/m0/s1. The lowest BCUT2D eigenvalue weighted by atomic mass is 9.81. The number of hydrogen-bond donors (Lipinski definition) is 1. The van der Waals surface area contributed by atoms with Crippen LogP contribution in [0.3, 0.4) is 0 Å². The van der Waals surface area contributed by atoms with Gasteiger partial charge in [-0.2, -0.15) is 22.0 Å². The number of halogens is 5. The van der Waals surface area contributed by atoms with Gasteiger partial charge in [0.25, 0.3) is 5.91 Å². The lowest BCUT2D eigenvalue weighted by molar-refractivity contribution is -0.138. The number of amides is 2. The number of benzene rings is 2. The predicted octanol–water partition coefficient (Wildman–Crippen LogP) is 4.81. The Balaban J connectivity index is 1.28. The second kappa shape index (κ2) is 10.7. The summed E-state index contributed by atoms with van der Waals surface area (Å²) in [6, 6.07) is 12.5. The first-order chi connectivity index (χ1) is 20.7. The Morgan fingerprint density at radius 3 is 2.41 bits per heavy atom. The van der Waals surface area contributed by atoms with Gasteiger partial charge in [-0.05, 0) is 35.6 Å². The van der Waals surface area contributed by atoms with Crippen molar-refractivity contribution >= 4 is 17.8 Å². The Hall–Kier alpha value is -4.36. The Morgan fingerprint density at radius 2 is 1.77 bits per heavy atom. The number of alkyl halides is 5. The minimum absolute atomic E-state index is 0.0434. The first-order valence-corrected chi connectivity index (χ1v) is 14.3. The van der Waals surface area contributed by atoms with Gasteiger partial charge < -0.3 is 15.2 Å². The van der Waals surface area contributed by atoms with Crippen LogP contribution in [0.25, 0.3) is 0 Å². The summed E-state index contributed by atoms with van der Waals surface area (Å²) >= 11 is 0. The molecule has 0 spiro atoms. The summed E-state index contributed by atoms with van der Waals surface area (Å²) in [7, 11) is 0. The molecule has 3 aromatic rings. The van der Waals surface area contributed by atoms with Gasteiger partial charge in [0.1, 0.15) is 0 Å². The highest BCUT2D eigenvalue weighted by Gasteiger charge is 2.45. The predicted molar refractivity (Wildman–Crippen MR) is 148 cm³/mol. The molecule has 6 rings (SSSR count). The molecule has 0 unspecified atom stereocenters. The molecule has 1 atom stereocenters. The van der Waals surface area contributed by atoms with Crippen LogP contribution in [0.2, 0.25) is 0 Å². The van der Waals surface area contributed by atoms with Crippen molar-refractivity contribution in [2.24, 2.45) is 16.6 Å². The maximum Gasteiger partial charge on any atom is 0.417 e. The average molecular weight is 616 g/mol. The SMILES string of the molecule is CC(F)(F)c1nnc2n1CCN(C(=O)c1cc(CN3C(=O)C[C@@](CC4CC4)(c4ccccc4)N=C3N)ccc1C(F)(F)F)C2. The fraction of sp³-hybridized carbons (Fsp3) is 0.433. The van der Waals surface area contributed by atoms with E-state index in [9.17, 15) is 31.5 Å². The van der Waals surface area contributed by atoms with Crippen LogP contribution in [0.5, 0.6) is 0 Å². The lowest BCUT2D eigenvalue weighted by Gasteiger charge is -2.38. The molecular weight excluding hydrogens is 585 g/mol. The van der Waals surface area contributed by atoms with Crippen LogP contribution in [0.4, 0.5) is 22.0 Å². The number of carbonyl (C=O) groups is 2. The number of hydrogen-bond acceptors (Lipinski definition) is 6. The summed E-state index contributed by atoms with van der Waals surface area (Å²) < 4.78 is 71.1. The number of nitrogens with two attached hydrogens (primary N) is 1. The summed E-state index contributed by atoms with van der Waals surface area (Å²) in [4.78, 5) is 34.2. The number of fused-ring (bicyclic) bond motifs is 1. The van der Waals surface area contributed by atoms with Crippen LogP contribution >= 0.6 is 0 Å². The minimum atomic E-state index is -4.85. The van der Waals surface area contributed by atoms with E-state index < -0.39 is 40.5 Å². The quantitative estimate of drug-likeness (QED) is 0.384. The van der Waals surface area contributed by atoms with Crippen molar-refractivity contribution in [3.05, 3.63) is 82.4 Å². The van der Waals surface area contributed by atoms with E-state index in [1.807, 2.05) is 30.3 Å². The van der Waals surface area contributed by atoms with Crippen molar-refractivity contribution in [3.63, 3.8) is 0 Å². The Kier molecular flexibility index (Phi) is 7.20. The van der Waals surface area contributed by atoms with E-state index >= 15 is 0 Å². The highest BCUT2D eigenvalue weighted by atomic mass is 19.4. The first kappa shape index (κ1) is 29.7. The molecule has 1 saturated carbocycles. The Morgan fingerprint density at radius 1 is 1.05 bits per heavy atom. The summed E-state index contributed by atoms with van der Waals surface area (Å²) in [5.74, 6) is -4.68. The Labute approximate surface area is 249 Å². The van der Waals surface area contributed by atoms with Gasteiger partial charge in [-0.15, -0.1) is 10.2 Å². The fourth-order valence-corrected chi connectivity index (χ4v) is 6.03. The van der Waals surface area contributed by atoms with Crippen LogP contribution in [-0.2, 0) is 42.1 Å².